The number of aromatic nitrogens is 1. The van der Waals surface area contributed by atoms with Gasteiger partial charge >= 0.3 is 0 Å². The van der Waals surface area contributed by atoms with E-state index in [9.17, 15) is 4.79 Å². The molecule has 2 heterocycles. The minimum atomic E-state index is -0.0521. The Morgan fingerprint density at radius 1 is 1.05 bits per heavy atom. The predicted molar refractivity (Wildman–Crippen MR) is 76.6 cm³/mol. The molecule has 0 unspecified atom stereocenters. The van der Waals surface area contributed by atoms with Crippen LogP contribution in [0.5, 0.6) is 5.75 Å². The zero-order valence-electron chi connectivity index (χ0n) is 10.1. The van der Waals surface area contributed by atoms with Gasteiger partial charge in [-0.2, -0.15) is 0 Å². The number of rotatable bonds is 0. The summed E-state index contributed by atoms with van der Waals surface area (Å²) in [6.07, 6.45) is 3.99. The molecule has 0 spiro atoms. The molecule has 0 aliphatic carbocycles. The maximum Gasteiger partial charge on any atom is 0.256 e. The van der Waals surface area contributed by atoms with E-state index in [-0.39, 0.29) is 5.56 Å². The predicted octanol–water partition coefficient (Wildman–Crippen LogP) is 3.09. The zero-order valence-corrected chi connectivity index (χ0v) is 10.1. The van der Waals surface area contributed by atoms with Gasteiger partial charge in [-0.15, -0.1) is 0 Å². The maximum atomic E-state index is 12.1. The SMILES string of the molecule is O=c1[nH]c2cc3c(cc2c2ccccc12)OCC=C3. The van der Waals surface area contributed by atoms with Crippen LogP contribution in [-0.4, -0.2) is 11.6 Å². The Bertz CT molecular complexity index is 890. The highest BCUT2D eigenvalue weighted by molar-refractivity contribution is 6.06. The van der Waals surface area contributed by atoms with Crippen LogP contribution in [0.1, 0.15) is 5.56 Å². The summed E-state index contributed by atoms with van der Waals surface area (Å²) >= 11 is 0. The highest BCUT2D eigenvalue weighted by atomic mass is 16.5. The number of aromatic amines is 1. The summed E-state index contributed by atoms with van der Waals surface area (Å²) in [4.78, 5) is 15.0. The number of hydrogen-bond acceptors (Lipinski definition) is 2. The topological polar surface area (TPSA) is 42.1 Å². The largest absolute Gasteiger partial charge is 0.489 e. The molecule has 92 valence electrons. The second-order valence-electron chi connectivity index (χ2n) is 4.65. The molecule has 0 atom stereocenters. The molecular weight excluding hydrogens is 238 g/mol. The van der Waals surface area contributed by atoms with E-state index in [4.69, 9.17) is 4.74 Å². The van der Waals surface area contributed by atoms with E-state index in [1.165, 1.54) is 0 Å². The van der Waals surface area contributed by atoms with E-state index >= 15 is 0 Å². The van der Waals surface area contributed by atoms with E-state index < -0.39 is 0 Å². The van der Waals surface area contributed by atoms with Crippen molar-refractivity contribution in [3.63, 3.8) is 0 Å². The third-order valence-electron chi connectivity index (χ3n) is 3.49. The van der Waals surface area contributed by atoms with Gasteiger partial charge in [0.1, 0.15) is 12.4 Å². The molecule has 1 aliphatic heterocycles. The maximum absolute atomic E-state index is 12.1. The first kappa shape index (κ1) is 10.4. The Balaban J connectivity index is 2.22. The highest BCUT2D eigenvalue weighted by Gasteiger charge is 2.10. The number of ether oxygens (including phenoxy) is 1. The molecule has 3 heteroatoms. The normalized spacial score (nSPS) is 13.5. The molecule has 2 aromatic carbocycles. The Morgan fingerprint density at radius 3 is 2.79 bits per heavy atom. The minimum Gasteiger partial charge on any atom is -0.489 e. The van der Waals surface area contributed by atoms with Crippen molar-refractivity contribution in [1.82, 2.24) is 4.98 Å². The fraction of sp³-hybridized carbons (Fsp3) is 0.0625. The number of H-pyrrole nitrogens is 1. The molecule has 0 radical (unpaired) electrons. The minimum absolute atomic E-state index is 0.0521. The Hall–Kier alpha value is -2.55. The average molecular weight is 249 g/mol. The number of benzene rings is 2. The summed E-state index contributed by atoms with van der Waals surface area (Å²) in [5.41, 5.74) is 1.80. The van der Waals surface area contributed by atoms with Gasteiger partial charge in [-0.1, -0.05) is 24.3 Å². The molecule has 0 saturated carbocycles. The first-order chi connectivity index (χ1) is 9.33. The molecule has 0 saturated heterocycles. The van der Waals surface area contributed by atoms with Gasteiger partial charge in [0.2, 0.25) is 0 Å². The summed E-state index contributed by atoms with van der Waals surface area (Å²) in [7, 11) is 0. The third kappa shape index (κ3) is 1.48. The van der Waals surface area contributed by atoms with Crippen LogP contribution in [0.4, 0.5) is 0 Å². The molecule has 4 rings (SSSR count). The molecule has 0 fully saturated rings. The smallest absolute Gasteiger partial charge is 0.256 e. The number of hydrogen-bond donors (Lipinski definition) is 1. The summed E-state index contributed by atoms with van der Waals surface area (Å²) in [6, 6.07) is 11.6. The molecule has 1 aliphatic rings. The van der Waals surface area contributed by atoms with Gasteiger partial charge in [0.15, 0.2) is 0 Å². The van der Waals surface area contributed by atoms with Crippen LogP contribution >= 0.6 is 0 Å². The summed E-state index contributed by atoms with van der Waals surface area (Å²) in [5.74, 6) is 0.868. The first-order valence-electron chi connectivity index (χ1n) is 6.21. The van der Waals surface area contributed by atoms with Crippen LogP contribution in [0, 0.1) is 0 Å². The molecule has 1 aromatic heterocycles. The van der Waals surface area contributed by atoms with Crippen LogP contribution in [0.25, 0.3) is 27.8 Å². The average Bonchev–Trinajstić information content (AvgIpc) is 2.46. The molecule has 3 aromatic rings. The van der Waals surface area contributed by atoms with Crippen molar-refractivity contribution in [3.8, 4) is 5.75 Å². The summed E-state index contributed by atoms with van der Waals surface area (Å²) in [5, 5.41) is 2.69. The quantitative estimate of drug-likeness (QED) is 0.622. The number of pyridine rings is 1. The molecule has 0 bridgehead atoms. The second kappa shape index (κ2) is 3.72. The van der Waals surface area contributed by atoms with Crippen molar-refractivity contribution in [2.45, 2.75) is 0 Å². The van der Waals surface area contributed by atoms with Crippen molar-refractivity contribution in [2.24, 2.45) is 0 Å². The van der Waals surface area contributed by atoms with Crippen LogP contribution in [-0.2, 0) is 0 Å². The molecule has 19 heavy (non-hydrogen) atoms. The van der Waals surface area contributed by atoms with Gasteiger partial charge in [0.05, 0.1) is 0 Å². The van der Waals surface area contributed by atoms with Crippen molar-refractivity contribution >= 4 is 27.8 Å². The van der Waals surface area contributed by atoms with Crippen molar-refractivity contribution in [2.75, 3.05) is 6.61 Å². The molecule has 0 amide bonds. The fourth-order valence-electron chi connectivity index (χ4n) is 2.60. The van der Waals surface area contributed by atoms with Gasteiger partial charge in [-0.3, -0.25) is 4.79 Å². The van der Waals surface area contributed by atoms with Crippen LogP contribution in [0.3, 0.4) is 0 Å². The van der Waals surface area contributed by atoms with E-state index in [1.54, 1.807) is 0 Å². The Labute approximate surface area is 109 Å². The second-order valence-corrected chi connectivity index (χ2v) is 4.65. The Kier molecular flexibility index (Phi) is 2.03. The monoisotopic (exact) mass is 249 g/mol. The fourth-order valence-corrected chi connectivity index (χ4v) is 2.60. The van der Waals surface area contributed by atoms with E-state index in [0.717, 1.165) is 27.6 Å². The standard InChI is InChI=1S/C16H11NO2/c18-16-12-6-2-1-5-11(12)13-9-15-10(4-3-7-19-15)8-14(13)17-16/h1-6,8-9H,7H2,(H,17,18). The molecule has 3 nitrogen and oxygen atoms in total. The van der Waals surface area contributed by atoms with E-state index in [1.807, 2.05) is 48.6 Å². The lowest BCUT2D eigenvalue weighted by atomic mass is 10.0. The van der Waals surface area contributed by atoms with Gasteiger partial charge in [-0.25, -0.2) is 0 Å². The molecule has 1 N–H and O–H groups in total. The van der Waals surface area contributed by atoms with Gasteiger partial charge in [0.25, 0.3) is 5.56 Å². The van der Waals surface area contributed by atoms with Crippen molar-refractivity contribution in [1.29, 1.82) is 0 Å². The lowest BCUT2D eigenvalue weighted by Gasteiger charge is -2.14. The summed E-state index contributed by atoms with van der Waals surface area (Å²) in [6.45, 7) is 0.597. The van der Waals surface area contributed by atoms with E-state index in [2.05, 4.69) is 4.98 Å². The van der Waals surface area contributed by atoms with Gasteiger partial charge in [0, 0.05) is 21.9 Å². The first-order valence-corrected chi connectivity index (χ1v) is 6.21. The summed E-state index contributed by atoms with van der Waals surface area (Å²) < 4.78 is 5.63. The van der Waals surface area contributed by atoms with Gasteiger partial charge < -0.3 is 9.72 Å². The van der Waals surface area contributed by atoms with Gasteiger partial charge in [-0.05, 0) is 29.7 Å². The van der Waals surface area contributed by atoms with Crippen LogP contribution < -0.4 is 10.3 Å². The third-order valence-corrected chi connectivity index (χ3v) is 3.49. The van der Waals surface area contributed by atoms with Crippen LogP contribution in [0.2, 0.25) is 0 Å². The number of nitrogens with one attached hydrogen (secondary N) is 1. The van der Waals surface area contributed by atoms with E-state index in [0.29, 0.717) is 12.0 Å². The zero-order chi connectivity index (χ0) is 12.8. The lowest BCUT2D eigenvalue weighted by Crippen LogP contribution is -2.07. The highest BCUT2D eigenvalue weighted by Crippen LogP contribution is 2.31. The lowest BCUT2D eigenvalue weighted by molar-refractivity contribution is 0.359. The van der Waals surface area contributed by atoms with Crippen LogP contribution in [0.15, 0.2) is 47.3 Å². The molecular formula is C16H11NO2. The van der Waals surface area contributed by atoms with Crippen molar-refractivity contribution < 1.29 is 4.74 Å². The Morgan fingerprint density at radius 2 is 1.89 bits per heavy atom. The van der Waals surface area contributed by atoms with Crippen molar-refractivity contribution in [3.05, 3.63) is 58.4 Å². The number of fused-ring (bicyclic) bond motifs is 4.